The molecule has 13 aromatic rings. The van der Waals surface area contributed by atoms with Crippen LogP contribution in [0.1, 0.15) is 0 Å². The molecule has 3 aromatic heterocycles. The molecule has 0 radical (unpaired) electrons. The first-order valence-corrected chi connectivity index (χ1v) is 19.7. The van der Waals surface area contributed by atoms with Crippen molar-refractivity contribution in [2.45, 2.75) is 0 Å². The summed E-state index contributed by atoms with van der Waals surface area (Å²) in [6.07, 6.45) is 0. The van der Waals surface area contributed by atoms with Gasteiger partial charge in [-0.15, -0.1) is 0 Å². The summed E-state index contributed by atoms with van der Waals surface area (Å²) in [5.74, 6) is 0. The normalized spacial score (nSPS) is 12.2. The van der Waals surface area contributed by atoms with Gasteiger partial charge in [0.25, 0.3) is 0 Å². The molecule has 0 amide bonds. The quantitative estimate of drug-likeness (QED) is 0.161. The Labute approximate surface area is 327 Å². The molecule has 0 saturated heterocycles. The lowest BCUT2D eigenvalue weighted by Crippen LogP contribution is -1.97. The second-order valence-electron chi connectivity index (χ2n) is 15.3. The molecule has 3 nitrogen and oxygen atoms in total. The van der Waals surface area contributed by atoms with E-state index >= 15 is 0 Å². The summed E-state index contributed by atoms with van der Waals surface area (Å²) in [5.41, 5.74) is 10.7. The lowest BCUT2D eigenvalue weighted by molar-refractivity contribution is 1.16. The Kier molecular flexibility index (Phi) is 6.16. The Morgan fingerprint density at radius 3 is 1.30 bits per heavy atom. The molecule has 13 rings (SSSR count). The number of benzene rings is 10. The number of para-hydroxylation sites is 4. The van der Waals surface area contributed by atoms with Crippen molar-refractivity contribution < 1.29 is 0 Å². The zero-order valence-electron chi connectivity index (χ0n) is 30.9. The Hall–Kier alpha value is -7.62. The number of aromatic nitrogens is 3. The zero-order valence-corrected chi connectivity index (χ0v) is 30.9. The first kappa shape index (κ1) is 30.7. The van der Waals surface area contributed by atoms with Crippen molar-refractivity contribution in [3.63, 3.8) is 0 Å². The van der Waals surface area contributed by atoms with Gasteiger partial charge >= 0.3 is 0 Å². The molecule has 0 aliphatic heterocycles. The second kappa shape index (κ2) is 11.5. The van der Waals surface area contributed by atoms with E-state index in [9.17, 15) is 0 Å². The van der Waals surface area contributed by atoms with Crippen molar-refractivity contribution in [2.75, 3.05) is 0 Å². The Balaban J connectivity index is 1.14. The van der Waals surface area contributed by atoms with Gasteiger partial charge in [0.1, 0.15) is 0 Å². The smallest absolute Gasteiger partial charge is 0.0641 e. The van der Waals surface area contributed by atoms with Crippen molar-refractivity contribution >= 4 is 97.7 Å². The molecule has 0 bridgehead atoms. The molecule has 10 aromatic carbocycles. The van der Waals surface area contributed by atoms with E-state index in [0.717, 1.165) is 17.1 Å². The van der Waals surface area contributed by atoms with Crippen LogP contribution in [-0.2, 0) is 0 Å². The van der Waals surface area contributed by atoms with E-state index in [1.54, 1.807) is 0 Å². The molecule has 0 fully saturated rings. The van der Waals surface area contributed by atoms with Gasteiger partial charge in [-0.25, -0.2) is 0 Å². The molecule has 0 N–H and O–H groups in total. The maximum Gasteiger partial charge on any atom is 0.0641 e. The number of hydrogen-bond acceptors (Lipinski definition) is 0. The summed E-state index contributed by atoms with van der Waals surface area (Å²) in [5, 5.41) is 15.2. The number of rotatable bonds is 3. The third-order valence-electron chi connectivity index (χ3n) is 12.4. The Morgan fingerprint density at radius 1 is 0.211 bits per heavy atom. The molecule has 3 heteroatoms. The molecule has 264 valence electrons. The van der Waals surface area contributed by atoms with Crippen LogP contribution in [0.3, 0.4) is 0 Å². The zero-order chi connectivity index (χ0) is 37.2. The van der Waals surface area contributed by atoms with E-state index in [4.69, 9.17) is 0 Å². The van der Waals surface area contributed by atoms with Crippen molar-refractivity contribution in [3.8, 4) is 17.1 Å². The second-order valence-corrected chi connectivity index (χ2v) is 15.3. The SMILES string of the molecule is c1ccc(-n2c3ccccc3c3ccc(-n4c5ccccc5c5ccc6c(c7ccccc7n6-c6ccc7c8ccccc8c8ccccc8c7c6)c54)cc32)cc1. The molecule has 0 aliphatic carbocycles. The fraction of sp³-hybridized carbons (Fsp3) is 0. The predicted octanol–water partition coefficient (Wildman–Crippen LogP) is 14.4. The highest BCUT2D eigenvalue weighted by atomic mass is 15.0. The molecular weight excluding hydrogens is 691 g/mol. The van der Waals surface area contributed by atoms with Crippen molar-refractivity contribution in [2.24, 2.45) is 0 Å². The minimum absolute atomic E-state index is 1.14. The number of fused-ring (bicyclic) bond motifs is 16. The topological polar surface area (TPSA) is 14.8 Å². The van der Waals surface area contributed by atoms with Crippen molar-refractivity contribution in [1.29, 1.82) is 0 Å². The average Bonchev–Trinajstić information content (AvgIpc) is 3.92. The highest BCUT2D eigenvalue weighted by molar-refractivity contribution is 6.28. The Bertz CT molecular complexity index is 3770. The summed E-state index contributed by atoms with van der Waals surface area (Å²) < 4.78 is 7.40. The molecule has 3 heterocycles. The highest BCUT2D eigenvalue weighted by Gasteiger charge is 2.22. The number of nitrogens with zero attached hydrogens (tertiary/aromatic N) is 3. The molecular formula is C54H33N3. The summed E-state index contributed by atoms with van der Waals surface area (Å²) >= 11 is 0. The van der Waals surface area contributed by atoms with Gasteiger partial charge in [-0.2, -0.15) is 0 Å². The van der Waals surface area contributed by atoms with Gasteiger partial charge < -0.3 is 13.7 Å². The lowest BCUT2D eigenvalue weighted by Gasteiger charge is -2.14. The van der Waals surface area contributed by atoms with Gasteiger partial charge in [0.2, 0.25) is 0 Å². The van der Waals surface area contributed by atoms with Gasteiger partial charge in [-0.05, 0) is 93.0 Å². The third kappa shape index (κ3) is 4.15. The maximum atomic E-state index is 2.51. The molecule has 0 atom stereocenters. The van der Waals surface area contributed by atoms with Gasteiger partial charge in [-0.3, -0.25) is 0 Å². The van der Waals surface area contributed by atoms with E-state index in [0.29, 0.717) is 0 Å². The van der Waals surface area contributed by atoms with Crippen LogP contribution >= 0.6 is 0 Å². The monoisotopic (exact) mass is 723 g/mol. The lowest BCUT2D eigenvalue weighted by atomic mass is 9.94. The largest absolute Gasteiger partial charge is 0.309 e. The predicted molar refractivity (Wildman–Crippen MR) is 242 cm³/mol. The van der Waals surface area contributed by atoms with Crippen LogP contribution < -0.4 is 0 Å². The van der Waals surface area contributed by atoms with Crippen molar-refractivity contribution in [3.05, 3.63) is 200 Å². The van der Waals surface area contributed by atoms with Crippen LogP contribution in [0.4, 0.5) is 0 Å². The first-order valence-electron chi connectivity index (χ1n) is 19.7. The van der Waals surface area contributed by atoms with E-state index in [1.807, 2.05) is 0 Å². The Morgan fingerprint density at radius 2 is 0.632 bits per heavy atom. The summed E-state index contributed by atoms with van der Waals surface area (Å²) in [6.45, 7) is 0. The van der Waals surface area contributed by atoms with Crippen LogP contribution in [0.25, 0.3) is 115 Å². The van der Waals surface area contributed by atoms with Crippen molar-refractivity contribution in [1.82, 2.24) is 13.7 Å². The highest BCUT2D eigenvalue weighted by Crippen LogP contribution is 2.44. The first-order chi connectivity index (χ1) is 28.3. The van der Waals surface area contributed by atoms with E-state index in [-0.39, 0.29) is 0 Å². The standard InChI is InChI=1S/C54H33N3/c1-2-14-34(15-3-1)55-48-23-11-8-20-42(48)44-29-27-36(33-52(44)55)57-49-24-12-9-21-43(49)45-30-31-51-53(54(45)57)46-22-10-13-25-50(46)56(51)35-26-28-41-39-18-5-4-16-37(39)38-17-6-7-19-40(38)47(41)32-35/h1-33H. The fourth-order valence-corrected chi connectivity index (χ4v) is 10.0. The van der Waals surface area contributed by atoms with Crippen LogP contribution in [0.5, 0.6) is 0 Å². The van der Waals surface area contributed by atoms with E-state index < -0.39 is 0 Å². The van der Waals surface area contributed by atoms with E-state index in [1.165, 1.54) is 97.7 Å². The van der Waals surface area contributed by atoms with Crippen LogP contribution in [0.2, 0.25) is 0 Å². The van der Waals surface area contributed by atoms with Crippen LogP contribution in [-0.4, -0.2) is 13.7 Å². The molecule has 0 spiro atoms. The molecule has 0 aliphatic rings. The molecule has 0 saturated carbocycles. The van der Waals surface area contributed by atoms with Crippen LogP contribution in [0, 0.1) is 0 Å². The summed E-state index contributed by atoms with van der Waals surface area (Å²) in [7, 11) is 0. The molecule has 57 heavy (non-hydrogen) atoms. The minimum atomic E-state index is 1.14. The van der Waals surface area contributed by atoms with Gasteiger partial charge in [0.15, 0.2) is 0 Å². The third-order valence-corrected chi connectivity index (χ3v) is 12.4. The maximum absolute atomic E-state index is 2.51. The van der Waals surface area contributed by atoms with E-state index in [2.05, 4.69) is 214 Å². The number of hydrogen-bond donors (Lipinski definition) is 0. The summed E-state index contributed by atoms with van der Waals surface area (Å²) in [4.78, 5) is 0. The van der Waals surface area contributed by atoms with Crippen LogP contribution in [0.15, 0.2) is 200 Å². The molecule has 0 unspecified atom stereocenters. The van der Waals surface area contributed by atoms with Gasteiger partial charge in [0.05, 0.1) is 33.1 Å². The fourth-order valence-electron chi connectivity index (χ4n) is 10.0. The van der Waals surface area contributed by atoms with Gasteiger partial charge in [0, 0.05) is 49.4 Å². The minimum Gasteiger partial charge on any atom is -0.309 e. The van der Waals surface area contributed by atoms with Gasteiger partial charge in [-0.1, -0.05) is 140 Å². The summed E-state index contributed by atoms with van der Waals surface area (Å²) in [6, 6.07) is 73.7. The average molecular weight is 724 g/mol.